The number of likely N-dealkylation sites (tertiary alicyclic amines) is 1. The van der Waals surface area contributed by atoms with Crippen molar-refractivity contribution in [2.75, 3.05) is 13.1 Å². The lowest BCUT2D eigenvalue weighted by Gasteiger charge is -2.32. The number of para-hydroxylation sites is 1. The lowest BCUT2D eigenvalue weighted by Crippen LogP contribution is -2.46. The first-order chi connectivity index (χ1) is 11.6. The SMILES string of the molecule is CC(Sc1cccc2cccnc12)C(=O)N1CCCC(C(N)=O)C1. The topological polar surface area (TPSA) is 76.3 Å². The van der Waals surface area contributed by atoms with E-state index in [1.165, 1.54) is 11.8 Å². The Labute approximate surface area is 145 Å². The minimum atomic E-state index is -0.314. The number of carbonyl (C=O) groups excluding carboxylic acids is 2. The number of hydrogen-bond acceptors (Lipinski definition) is 4. The van der Waals surface area contributed by atoms with E-state index in [2.05, 4.69) is 4.98 Å². The van der Waals surface area contributed by atoms with Crippen LogP contribution in [0.1, 0.15) is 19.8 Å². The highest BCUT2D eigenvalue weighted by Gasteiger charge is 2.29. The van der Waals surface area contributed by atoms with Gasteiger partial charge in [-0.1, -0.05) is 18.2 Å². The number of pyridine rings is 1. The highest BCUT2D eigenvalue weighted by molar-refractivity contribution is 8.00. The van der Waals surface area contributed by atoms with Crippen LogP contribution in [0.4, 0.5) is 0 Å². The van der Waals surface area contributed by atoms with Crippen molar-refractivity contribution < 1.29 is 9.59 Å². The Morgan fingerprint density at radius 1 is 1.33 bits per heavy atom. The van der Waals surface area contributed by atoms with Gasteiger partial charge < -0.3 is 10.6 Å². The molecule has 1 aromatic carbocycles. The van der Waals surface area contributed by atoms with E-state index in [0.29, 0.717) is 13.1 Å². The van der Waals surface area contributed by atoms with Crippen molar-refractivity contribution in [3.63, 3.8) is 0 Å². The summed E-state index contributed by atoms with van der Waals surface area (Å²) in [5, 5.41) is 0.832. The molecule has 0 radical (unpaired) electrons. The van der Waals surface area contributed by atoms with Gasteiger partial charge in [-0.05, 0) is 31.9 Å². The molecule has 1 fully saturated rings. The minimum absolute atomic E-state index is 0.0545. The normalized spacial score (nSPS) is 19.2. The molecular weight excluding hydrogens is 322 g/mol. The molecule has 2 heterocycles. The number of piperidine rings is 1. The first-order valence-electron chi connectivity index (χ1n) is 8.15. The summed E-state index contributed by atoms with van der Waals surface area (Å²) in [5.41, 5.74) is 6.32. The molecule has 2 aromatic rings. The maximum Gasteiger partial charge on any atom is 0.235 e. The molecule has 24 heavy (non-hydrogen) atoms. The fraction of sp³-hybridized carbons (Fsp3) is 0.389. The van der Waals surface area contributed by atoms with Crippen LogP contribution in [-0.2, 0) is 9.59 Å². The molecule has 1 saturated heterocycles. The summed E-state index contributed by atoms with van der Waals surface area (Å²) >= 11 is 1.51. The standard InChI is InChI=1S/C18H21N3O2S/c1-12(18(23)21-10-4-7-14(11-21)17(19)22)24-15-8-2-5-13-6-3-9-20-16(13)15/h2-3,5-6,8-9,12,14H,4,7,10-11H2,1H3,(H2,19,22). The molecule has 5 nitrogen and oxygen atoms in total. The molecule has 0 spiro atoms. The monoisotopic (exact) mass is 343 g/mol. The molecular formula is C18H21N3O2S. The summed E-state index contributed by atoms with van der Waals surface area (Å²) in [6.07, 6.45) is 3.36. The van der Waals surface area contributed by atoms with E-state index in [9.17, 15) is 9.59 Å². The zero-order valence-corrected chi connectivity index (χ0v) is 14.5. The maximum atomic E-state index is 12.7. The summed E-state index contributed by atoms with van der Waals surface area (Å²) in [5.74, 6) is -0.482. The van der Waals surface area contributed by atoms with Gasteiger partial charge in [-0.15, -0.1) is 11.8 Å². The molecule has 0 aliphatic carbocycles. The molecule has 0 saturated carbocycles. The van der Waals surface area contributed by atoms with Gasteiger partial charge in [0.05, 0.1) is 16.7 Å². The van der Waals surface area contributed by atoms with Crippen LogP contribution in [0.25, 0.3) is 10.9 Å². The Balaban J connectivity index is 1.73. The van der Waals surface area contributed by atoms with Gasteiger partial charge in [-0.2, -0.15) is 0 Å². The summed E-state index contributed by atoms with van der Waals surface area (Å²) in [6.45, 7) is 3.04. The van der Waals surface area contributed by atoms with Crippen LogP contribution >= 0.6 is 11.8 Å². The summed E-state index contributed by atoms with van der Waals surface area (Å²) in [4.78, 5) is 31.3. The van der Waals surface area contributed by atoms with Crippen LogP contribution in [0.5, 0.6) is 0 Å². The van der Waals surface area contributed by atoms with E-state index in [-0.39, 0.29) is 23.0 Å². The Kier molecular flexibility index (Phi) is 5.04. The first kappa shape index (κ1) is 16.8. The number of primary amides is 1. The molecule has 2 amide bonds. The van der Waals surface area contributed by atoms with Crippen molar-refractivity contribution in [1.29, 1.82) is 0 Å². The Hall–Kier alpha value is -2.08. The molecule has 3 rings (SSSR count). The average Bonchev–Trinajstić information content (AvgIpc) is 2.61. The van der Waals surface area contributed by atoms with E-state index in [1.54, 1.807) is 11.1 Å². The molecule has 1 aliphatic heterocycles. The molecule has 2 N–H and O–H groups in total. The van der Waals surface area contributed by atoms with Gasteiger partial charge in [0.1, 0.15) is 0 Å². The third-order valence-corrected chi connectivity index (χ3v) is 5.52. The van der Waals surface area contributed by atoms with E-state index in [0.717, 1.165) is 28.6 Å². The maximum absolute atomic E-state index is 12.7. The number of nitrogens with zero attached hydrogens (tertiary/aromatic N) is 2. The van der Waals surface area contributed by atoms with Gasteiger partial charge in [0.15, 0.2) is 0 Å². The van der Waals surface area contributed by atoms with Crippen LogP contribution in [0.15, 0.2) is 41.4 Å². The second-order valence-electron chi connectivity index (χ2n) is 6.12. The molecule has 2 unspecified atom stereocenters. The van der Waals surface area contributed by atoms with Gasteiger partial charge >= 0.3 is 0 Å². The second kappa shape index (κ2) is 7.21. The molecule has 6 heteroatoms. The number of carbonyl (C=O) groups is 2. The number of aromatic nitrogens is 1. The smallest absolute Gasteiger partial charge is 0.235 e. The molecule has 1 aliphatic rings. The fourth-order valence-electron chi connectivity index (χ4n) is 3.08. The average molecular weight is 343 g/mol. The Morgan fingerprint density at radius 3 is 2.92 bits per heavy atom. The quantitative estimate of drug-likeness (QED) is 0.865. The fourth-order valence-corrected chi connectivity index (χ4v) is 4.15. The highest BCUT2D eigenvalue weighted by Crippen LogP contribution is 2.31. The zero-order valence-electron chi connectivity index (χ0n) is 13.6. The van der Waals surface area contributed by atoms with E-state index < -0.39 is 0 Å². The van der Waals surface area contributed by atoms with Crippen LogP contribution in [0, 0.1) is 5.92 Å². The van der Waals surface area contributed by atoms with Crippen molar-refractivity contribution in [3.8, 4) is 0 Å². The lowest BCUT2D eigenvalue weighted by atomic mass is 9.97. The molecule has 0 bridgehead atoms. The van der Waals surface area contributed by atoms with Gasteiger partial charge in [-0.3, -0.25) is 14.6 Å². The van der Waals surface area contributed by atoms with Gasteiger partial charge in [-0.25, -0.2) is 0 Å². The first-order valence-corrected chi connectivity index (χ1v) is 9.02. The van der Waals surface area contributed by atoms with Crippen molar-refractivity contribution in [3.05, 3.63) is 36.5 Å². The zero-order chi connectivity index (χ0) is 17.1. The van der Waals surface area contributed by atoms with Crippen LogP contribution in [0.2, 0.25) is 0 Å². The van der Waals surface area contributed by atoms with Gasteiger partial charge in [0.25, 0.3) is 0 Å². The van der Waals surface area contributed by atoms with Crippen molar-refractivity contribution >= 4 is 34.5 Å². The van der Waals surface area contributed by atoms with Crippen LogP contribution < -0.4 is 5.73 Å². The van der Waals surface area contributed by atoms with Gasteiger partial charge in [0.2, 0.25) is 11.8 Å². The predicted octanol–water partition coefficient (Wildman–Crippen LogP) is 2.44. The highest BCUT2D eigenvalue weighted by atomic mass is 32.2. The number of hydrogen-bond donors (Lipinski definition) is 1. The number of fused-ring (bicyclic) bond motifs is 1. The van der Waals surface area contributed by atoms with Gasteiger partial charge in [0, 0.05) is 29.6 Å². The van der Waals surface area contributed by atoms with E-state index >= 15 is 0 Å². The number of benzene rings is 1. The lowest BCUT2D eigenvalue weighted by molar-refractivity contribution is -0.134. The molecule has 2 atom stereocenters. The van der Waals surface area contributed by atoms with Crippen molar-refractivity contribution in [2.24, 2.45) is 11.7 Å². The minimum Gasteiger partial charge on any atom is -0.369 e. The largest absolute Gasteiger partial charge is 0.369 e. The third-order valence-electron chi connectivity index (χ3n) is 4.38. The Bertz CT molecular complexity index is 760. The molecule has 126 valence electrons. The number of rotatable bonds is 4. The Morgan fingerprint density at radius 2 is 2.12 bits per heavy atom. The summed E-state index contributed by atoms with van der Waals surface area (Å²) in [7, 11) is 0. The van der Waals surface area contributed by atoms with E-state index in [4.69, 9.17) is 5.73 Å². The summed E-state index contributed by atoms with van der Waals surface area (Å²) in [6, 6.07) is 9.91. The van der Waals surface area contributed by atoms with E-state index in [1.807, 2.05) is 37.3 Å². The third kappa shape index (κ3) is 3.53. The number of amides is 2. The van der Waals surface area contributed by atoms with Crippen LogP contribution in [-0.4, -0.2) is 40.0 Å². The number of thioether (sulfide) groups is 1. The molecule has 1 aromatic heterocycles. The van der Waals surface area contributed by atoms with Crippen molar-refractivity contribution in [2.45, 2.75) is 29.9 Å². The summed E-state index contributed by atoms with van der Waals surface area (Å²) < 4.78 is 0. The predicted molar refractivity (Wildman–Crippen MR) is 95.6 cm³/mol. The number of nitrogens with two attached hydrogens (primary N) is 1. The van der Waals surface area contributed by atoms with Crippen LogP contribution in [0.3, 0.4) is 0 Å². The van der Waals surface area contributed by atoms with Crippen molar-refractivity contribution in [1.82, 2.24) is 9.88 Å². The second-order valence-corrected chi connectivity index (χ2v) is 7.50.